The molecule has 1 atom stereocenters. The molecule has 2 aromatic carbocycles. The third-order valence-electron chi connectivity index (χ3n) is 6.25. The summed E-state index contributed by atoms with van der Waals surface area (Å²) in [5, 5.41) is 0. The fraction of sp³-hybridized carbons (Fsp3) is 0.360. The summed E-state index contributed by atoms with van der Waals surface area (Å²) in [5.74, 6) is -0.386. The van der Waals surface area contributed by atoms with Crippen LogP contribution in [0, 0.1) is 5.82 Å². The monoisotopic (exact) mass is 483 g/mol. The van der Waals surface area contributed by atoms with E-state index in [1.807, 2.05) is 6.92 Å². The van der Waals surface area contributed by atoms with E-state index < -0.39 is 15.8 Å². The number of piperazine rings is 1. The summed E-state index contributed by atoms with van der Waals surface area (Å²) in [7, 11) is -3.79. The van der Waals surface area contributed by atoms with E-state index in [9.17, 15) is 8.42 Å². The molecule has 0 aliphatic carbocycles. The van der Waals surface area contributed by atoms with Crippen molar-refractivity contribution in [3.8, 4) is 22.3 Å². The summed E-state index contributed by atoms with van der Waals surface area (Å²) in [6, 6.07) is 11.2. The van der Waals surface area contributed by atoms with Crippen LogP contribution in [-0.2, 0) is 10.0 Å². The SMILES string of the molecule is C[C@H]1CN(C(C)(C)C)CCN1S(=O)(=O)c1ccccc1-c1ccc(-c2cnc(N)nc2)c(F)c1. The largest absolute Gasteiger partial charge is 0.368 e. The van der Waals surface area contributed by atoms with Gasteiger partial charge in [0.15, 0.2) is 0 Å². The lowest BCUT2D eigenvalue weighted by molar-refractivity contribution is 0.0649. The van der Waals surface area contributed by atoms with Gasteiger partial charge in [-0.2, -0.15) is 4.31 Å². The standard InChI is InChI=1S/C25H30FN5O2S/c1-17-16-30(25(2,3)4)11-12-31(17)34(32,33)23-8-6-5-7-21(23)18-9-10-20(22(26)13-18)19-14-28-24(27)29-15-19/h5-10,13-15,17H,11-12,16H2,1-4H3,(H2,27,28,29)/t17-/m0/s1. The van der Waals surface area contributed by atoms with Crippen molar-refractivity contribution >= 4 is 16.0 Å². The van der Waals surface area contributed by atoms with E-state index in [-0.39, 0.29) is 22.4 Å². The molecule has 180 valence electrons. The van der Waals surface area contributed by atoms with Crippen LogP contribution < -0.4 is 5.73 Å². The van der Waals surface area contributed by atoms with Gasteiger partial charge >= 0.3 is 0 Å². The Morgan fingerprint density at radius 3 is 2.29 bits per heavy atom. The van der Waals surface area contributed by atoms with Gasteiger partial charge in [0.1, 0.15) is 5.82 Å². The van der Waals surface area contributed by atoms with E-state index in [0.29, 0.717) is 41.9 Å². The lowest BCUT2D eigenvalue weighted by Crippen LogP contribution is -2.58. The van der Waals surface area contributed by atoms with E-state index >= 15 is 4.39 Å². The quantitative estimate of drug-likeness (QED) is 0.603. The average molecular weight is 484 g/mol. The van der Waals surface area contributed by atoms with Crippen LogP contribution >= 0.6 is 0 Å². The van der Waals surface area contributed by atoms with Crippen molar-refractivity contribution in [2.75, 3.05) is 25.4 Å². The van der Waals surface area contributed by atoms with Crippen molar-refractivity contribution in [3.05, 3.63) is 60.7 Å². The molecule has 0 saturated carbocycles. The summed E-state index contributed by atoms with van der Waals surface area (Å²) in [5.41, 5.74) is 7.24. The highest BCUT2D eigenvalue weighted by Crippen LogP contribution is 2.34. The Hall–Kier alpha value is -2.88. The van der Waals surface area contributed by atoms with Gasteiger partial charge in [-0.1, -0.05) is 30.3 Å². The number of benzene rings is 2. The van der Waals surface area contributed by atoms with E-state index in [2.05, 4.69) is 35.6 Å². The molecule has 3 aromatic rings. The van der Waals surface area contributed by atoms with E-state index in [4.69, 9.17) is 5.73 Å². The molecule has 0 radical (unpaired) electrons. The molecule has 2 N–H and O–H groups in total. The average Bonchev–Trinajstić information content (AvgIpc) is 2.79. The van der Waals surface area contributed by atoms with Crippen molar-refractivity contribution in [2.24, 2.45) is 0 Å². The van der Waals surface area contributed by atoms with Gasteiger partial charge in [0, 0.05) is 60.3 Å². The first-order valence-corrected chi connectivity index (χ1v) is 12.7. The minimum atomic E-state index is -3.79. The fourth-order valence-electron chi connectivity index (χ4n) is 4.36. The maximum Gasteiger partial charge on any atom is 0.244 e. The van der Waals surface area contributed by atoms with Gasteiger partial charge in [0.05, 0.1) is 4.90 Å². The van der Waals surface area contributed by atoms with Gasteiger partial charge in [-0.25, -0.2) is 22.8 Å². The van der Waals surface area contributed by atoms with Crippen molar-refractivity contribution in [2.45, 2.75) is 44.2 Å². The highest BCUT2D eigenvalue weighted by molar-refractivity contribution is 7.89. The van der Waals surface area contributed by atoms with E-state index in [0.717, 1.165) is 0 Å². The van der Waals surface area contributed by atoms with Crippen molar-refractivity contribution in [3.63, 3.8) is 0 Å². The number of rotatable bonds is 4. The van der Waals surface area contributed by atoms with Gasteiger partial charge in [-0.3, -0.25) is 4.90 Å². The van der Waals surface area contributed by atoms with Gasteiger partial charge < -0.3 is 5.73 Å². The molecule has 1 fully saturated rings. The molecular formula is C25H30FN5O2S. The van der Waals surface area contributed by atoms with Crippen molar-refractivity contribution in [1.82, 2.24) is 19.2 Å². The van der Waals surface area contributed by atoms with Crippen LogP contribution in [0.1, 0.15) is 27.7 Å². The lowest BCUT2D eigenvalue weighted by Gasteiger charge is -2.45. The first-order chi connectivity index (χ1) is 16.0. The molecule has 1 aliphatic rings. The van der Waals surface area contributed by atoms with Crippen LogP contribution in [-0.4, -0.2) is 58.8 Å². The predicted molar refractivity (Wildman–Crippen MR) is 132 cm³/mol. The highest BCUT2D eigenvalue weighted by Gasteiger charge is 2.37. The summed E-state index contributed by atoms with van der Waals surface area (Å²) < 4.78 is 44.1. The summed E-state index contributed by atoms with van der Waals surface area (Å²) in [6.45, 7) is 10.0. The molecule has 1 saturated heterocycles. The minimum Gasteiger partial charge on any atom is -0.368 e. The Morgan fingerprint density at radius 1 is 1.00 bits per heavy atom. The molecule has 7 nitrogen and oxygen atoms in total. The first-order valence-electron chi connectivity index (χ1n) is 11.2. The second kappa shape index (κ2) is 9.05. The molecule has 0 bridgehead atoms. The predicted octanol–water partition coefficient (Wildman–Crippen LogP) is 4.03. The van der Waals surface area contributed by atoms with Crippen LogP contribution in [0.5, 0.6) is 0 Å². The molecule has 1 aliphatic heterocycles. The second-order valence-corrected chi connectivity index (χ2v) is 11.5. The summed E-state index contributed by atoms with van der Waals surface area (Å²) in [6.07, 6.45) is 2.91. The topological polar surface area (TPSA) is 92.4 Å². The van der Waals surface area contributed by atoms with E-state index in [1.54, 1.807) is 40.7 Å². The first kappa shape index (κ1) is 24.3. The smallest absolute Gasteiger partial charge is 0.244 e. The Labute approximate surface area is 200 Å². The summed E-state index contributed by atoms with van der Waals surface area (Å²) in [4.78, 5) is 10.3. The number of nitrogens with zero attached hydrogens (tertiary/aromatic N) is 4. The molecule has 2 heterocycles. The Kier molecular flexibility index (Phi) is 6.46. The third kappa shape index (κ3) is 4.68. The lowest BCUT2D eigenvalue weighted by atomic mass is 10.0. The number of sulfonamides is 1. The maximum atomic E-state index is 15.1. The van der Waals surface area contributed by atoms with E-state index in [1.165, 1.54) is 18.5 Å². The number of anilines is 1. The Balaban J connectivity index is 1.68. The Morgan fingerprint density at radius 2 is 1.68 bits per heavy atom. The molecule has 4 rings (SSSR count). The second-order valence-electron chi connectivity index (χ2n) is 9.60. The summed E-state index contributed by atoms with van der Waals surface area (Å²) >= 11 is 0. The number of hydrogen-bond acceptors (Lipinski definition) is 6. The van der Waals surface area contributed by atoms with Gasteiger partial charge in [-0.15, -0.1) is 0 Å². The zero-order valence-corrected chi connectivity index (χ0v) is 20.7. The molecule has 0 spiro atoms. The number of halogens is 1. The van der Waals surface area contributed by atoms with Crippen LogP contribution in [0.3, 0.4) is 0 Å². The molecular weight excluding hydrogens is 453 g/mol. The van der Waals surface area contributed by atoms with Gasteiger partial charge in [0.25, 0.3) is 0 Å². The van der Waals surface area contributed by atoms with Crippen LogP contribution in [0.25, 0.3) is 22.3 Å². The van der Waals surface area contributed by atoms with Crippen molar-refractivity contribution < 1.29 is 12.8 Å². The maximum absolute atomic E-state index is 15.1. The molecule has 9 heteroatoms. The molecule has 34 heavy (non-hydrogen) atoms. The molecule has 0 unspecified atom stereocenters. The fourth-order valence-corrected chi connectivity index (χ4v) is 6.19. The highest BCUT2D eigenvalue weighted by atomic mass is 32.2. The minimum absolute atomic E-state index is 0.0309. The number of aromatic nitrogens is 2. The van der Waals surface area contributed by atoms with Crippen LogP contribution in [0.2, 0.25) is 0 Å². The number of nitrogens with two attached hydrogens (primary N) is 1. The number of hydrogen-bond donors (Lipinski definition) is 1. The Bertz CT molecular complexity index is 1290. The zero-order valence-electron chi connectivity index (χ0n) is 19.9. The van der Waals surface area contributed by atoms with Gasteiger partial charge in [0.2, 0.25) is 16.0 Å². The van der Waals surface area contributed by atoms with Crippen LogP contribution in [0.4, 0.5) is 10.3 Å². The molecule has 0 amide bonds. The molecule has 1 aromatic heterocycles. The van der Waals surface area contributed by atoms with Crippen molar-refractivity contribution in [1.29, 1.82) is 0 Å². The zero-order chi connectivity index (χ0) is 24.7. The third-order valence-corrected chi connectivity index (χ3v) is 8.32. The normalized spacial score (nSPS) is 18.2. The van der Waals surface area contributed by atoms with Gasteiger partial charge in [-0.05, 0) is 45.4 Å². The van der Waals surface area contributed by atoms with Crippen LogP contribution in [0.15, 0.2) is 59.8 Å². The number of nitrogen functional groups attached to an aromatic ring is 1.